The number of phosphoric ester groups is 1. The first kappa shape index (κ1) is 52.7. The first-order valence-corrected chi connectivity index (χ1v) is 23.8. The Morgan fingerprint density at radius 1 is 0.630 bits per heavy atom. The normalized spacial score (nSPS) is 14.7. The standard InChI is InChI=1S/C45H87N2O6P/c1-6-8-10-12-14-16-18-20-21-22-23-24-25-27-29-31-33-35-37-39-45(49)46-43(42-53-54(50,51)52-41-40-47(3,4)5)44(48)38-36-34-32-30-28-26-19-17-15-13-11-9-7-2/h11,13,20-21,36,38,43-44,48H,6-10,12,14-19,22-35,37,39-42H2,1-5H3,(H-,46,49,50,51)/b13-11-,21-20-,38-36+/t43-,44+/m0/s1. The van der Waals surface area contributed by atoms with Gasteiger partial charge in [-0.1, -0.05) is 159 Å². The molecule has 9 heteroatoms. The summed E-state index contributed by atoms with van der Waals surface area (Å²) in [6.45, 7) is 4.58. The Morgan fingerprint density at radius 2 is 1.06 bits per heavy atom. The molecule has 0 bridgehead atoms. The van der Waals surface area contributed by atoms with Gasteiger partial charge in [0.1, 0.15) is 13.2 Å². The number of aliphatic hydroxyl groups excluding tert-OH is 1. The monoisotopic (exact) mass is 783 g/mol. The van der Waals surface area contributed by atoms with E-state index in [-0.39, 0.29) is 19.1 Å². The van der Waals surface area contributed by atoms with Crippen LogP contribution in [0.4, 0.5) is 0 Å². The van der Waals surface area contributed by atoms with Crippen molar-refractivity contribution in [2.75, 3.05) is 40.9 Å². The average molecular weight is 783 g/mol. The second kappa shape index (κ2) is 37.3. The molecule has 0 saturated carbocycles. The summed E-state index contributed by atoms with van der Waals surface area (Å²) in [5, 5.41) is 13.8. The lowest BCUT2D eigenvalue weighted by Crippen LogP contribution is -2.45. The predicted molar refractivity (Wildman–Crippen MR) is 228 cm³/mol. The molecule has 0 saturated heterocycles. The lowest BCUT2D eigenvalue weighted by Gasteiger charge is -2.29. The highest BCUT2D eigenvalue weighted by molar-refractivity contribution is 7.45. The Labute approximate surface area is 334 Å². The van der Waals surface area contributed by atoms with Crippen LogP contribution >= 0.6 is 7.82 Å². The summed E-state index contributed by atoms with van der Waals surface area (Å²) in [5.74, 6) is -0.204. The van der Waals surface area contributed by atoms with Crippen molar-refractivity contribution in [2.45, 2.75) is 206 Å². The van der Waals surface area contributed by atoms with E-state index in [2.05, 4.69) is 43.5 Å². The van der Waals surface area contributed by atoms with Gasteiger partial charge in [-0.25, -0.2) is 0 Å². The smallest absolute Gasteiger partial charge is 0.268 e. The molecule has 0 aliphatic rings. The van der Waals surface area contributed by atoms with Crippen molar-refractivity contribution in [3.63, 3.8) is 0 Å². The molecule has 0 spiro atoms. The third-order valence-corrected chi connectivity index (χ3v) is 10.8. The van der Waals surface area contributed by atoms with Crippen LogP contribution in [0.3, 0.4) is 0 Å². The average Bonchev–Trinajstić information content (AvgIpc) is 3.12. The number of carbonyl (C=O) groups excluding carboxylic acids is 1. The molecule has 0 radical (unpaired) electrons. The van der Waals surface area contributed by atoms with Crippen LogP contribution in [0.5, 0.6) is 0 Å². The fraction of sp³-hybridized carbons (Fsp3) is 0.844. The summed E-state index contributed by atoms with van der Waals surface area (Å²) in [6.07, 6.45) is 44.7. The molecule has 2 N–H and O–H groups in total. The van der Waals surface area contributed by atoms with E-state index in [4.69, 9.17) is 9.05 Å². The fourth-order valence-corrected chi connectivity index (χ4v) is 6.93. The van der Waals surface area contributed by atoms with Crippen molar-refractivity contribution in [1.82, 2.24) is 5.32 Å². The number of nitrogens with zero attached hydrogens (tertiary/aromatic N) is 1. The van der Waals surface area contributed by atoms with E-state index >= 15 is 0 Å². The SMILES string of the molecule is CCC/C=C\CCCCCCCC/C=C/[C@@H](O)[C@H](COP(=O)([O-])OCC[N+](C)(C)C)NC(=O)CCCCCCCCCCC/C=C\CCCCCCCC. The van der Waals surface area contributed by atoms with E-state index < -0.39 is 20.0 Å². The topological polar surface area (TPSA) is 108 Å². The van der Waals surface area contributed by atoms with Gasteiger partial charge in [0.25, 0.3) is 7.82 Å². The van der Waals surface area contributed by atoms with Gasteiger partial charge in [-0.15, -0.1) is 0 Å². The van der Waals surface area contributed by atoms with Gasteiger partial charge in [0.05, 0.1) is 39.9 Å². The zero-order valence-corrected chi connectivity index (χ0v) is 36.8. The summed E-state index contributed by atoms with van der Waals surface area (Å²) in [4.78, 5) is 25.3. The maximum atomic E-state index is 12.8. The van der Waals surface area contributed by atoms with E-state index in [1.165, 1.54) is 135 Å². The van der Waals surface area contributed by atoms with Crippen LogP contribution in [-0.4, -0.2) is 68.5 Å². The summed E-state index contributed by atoms with van der Waals surface area (Å²) in [5.41, 5.74) is 0. The number of amides is 1. The minimum absolute atomic E-state index is 0.00321. The summed E-state index contributed by atoms with van der Waals surface area (Å²) in [7, 11) is 1.25. The lowest BCUT2D eigenvalue weighted by atomic mass is 10.0. The van der Waals surface area contributed by atoms with E-state index in [9.17, 15) is 19.4 Å². The number of unbranched alkanes of at least 4 members (excludes halogenated alkanes) is 23. The van der Waals surface area contributed by atoms with E-state index in [1.54, 1.807) is 6.08 Å². The lowest BCUT2D eigenvalue weighted by molar-refractivity contribution is -0.870. The molecule has 54 heavy (non-hydrogen) atoms. The minimum atomic E-state index is -4.59. The van der Waals surface area contributed by atoms with E-state index in [1.807, 2.05) is 27.2 Å². The number of rotatable bonds is 40. The van der Waals surface area contributed by atoms with Gasteiger partial charge in [-0.2, -0.15) is 0 Å². The molecule has 0 aromatic rings. The van der Waals surface area contributed by atoms with Crippen molar-refractivity contribution < 1.29 is 32.9 Å². The van der Waals surface area contributed by atoms with Crippen molar-refractivity contribution in [3.8, 4) is 0 Å². The number of hydrogen-bond donors (Lipinski definition) is 2. The van der Waals surface area contributed by atoms with Gasteiger partial charge in [0.2, 0.25) is 5.91 Å². The molecular formula is C45H87N2O6P. The van der Waals surface area contributed by atoms with Gasteiger partial charge < -0.3 is 28.8 Å². The van der Waals surface area contributed by atoms with E-state index in [0.717, 1.165) is 38.5 Å². The first-order valence-electron chi connectivity index (χ1n) is 22.4. The van der Waals surface area contributed by atoms with Crippen LogP contribution in [0.15, 0.2) is 36.5 Å². The number of allylic oxidation sites excluding steroid dienone is 5. The Hall–Kier alpha value is -1.28. The molecular weight excluding hydrogens is 695 g/mol. The number of aliphatic hydroxyl groups is 1. The third kappa shape index (κ3) is 39.0. The van der Waals surface area contributed by atoms with Crippen molar-refractivity contribution in [2.24, 2.45) is 0 Å². The predicted octanol–water partition coefficient (Wildman–Crippen LogP) is 11.7. The highest BCUT2D eigenvalue weighted by Crippen LogP contribution is 2.38. The van der Waals surface area contributed by atoms with Gasteiger partial charge in [-0.05, 0) is 64.2 Å². The zero-order chi connectivity index (χ0) is 40.0. The second-order valence-corrected chi connectivity index (χ2v) is 17.8. The van der Waals surface area contributed by atoms with Crippen LogP contribution in [0.1, 0.15) is 194 Å². The van der Waals surface area contributed by atoms with Crippen molar-refractivity contribution >= 4 is 13.7 Å². The van der Waals surface area contributed by atoms with Gasteiger partial charge in [0, 0.05) is 6.42 Å². The summed E-state index contributed by atoms with van der Waals surface area (Å²) < 4.78 is 23.2. The Morgan fingerprint density at radius 3 is 1.52 bits per heavy atom. The molecule has 1 unspecified atom stereocenters. The molecule has 0 heterocycles. The number of quaternary nitrogens is 1. The largest absolute Gasteiger partial charge is 0.756 e. The number of likely N-dealkylation sites (N-methyl/N-ethyl adjacent to an activating group) is 1. The molecule has 0 aliphatic heterocycles. The van der Waals surface area contributed by atoms with Crippen molar-refractivity contribution in [3.05, 3.63) is 36.5 Å². The molecule has 1 amide bonds. The van der Waals surface area contributed by atoms with Crippen molar-refractivity contribution in [1.29, 1.82) is 0 Å². The van der Waals surface area contributed by atoms with E-state index in [0.29, 0.717) is 17.4 Å². The van der Waals surface area contributed by atoms with Crippen LogP contribution in [-0.2, 0) is 18.4 Å². The molecule has 0 aromatic carbocycles. The fourth-order valence-electron chi connectivity index (χ4n) is 6.21. The maximum Gasteiger partial charge on any atom is 0.268 e. The molecule has 3 atom stereocenters. The van der Waals surface area contributed by atoms with Crippen LogP contribution in [0, 0.1) is 0 Å². The number of phosphoric acid groups is 1. The first-order chi connectivity index (χ1) is 26.0. The summed E-state index contributed by atoms with van der Waals surface area (Å²) >= 11 is 0. The van der Waals surface area contributed by atoms with Gasteiger partial charge in [-0.3, -0.25) is 9.36 Å². The number of carbonyl (C=O) groups is 1. The molecule has 8 nitrogen and oxygen atoms in total. The molecule has 0 fully saturated rings. The Kier molecular flexibility index (Phi) is 36.4. The summed E-state index contributed by atoms with van der Waals surface area (Å²) in [6, 6.07) is -0.889. The number of hydrogen-bond acceptors (Lipinski definition) is 6. The highest BCUT2D eigenvalue weighted by atomic mass is 31.2. The van der Waals surface area contributed by atoms with Crippen LogP contribution < -0.4 is 10.2 Å². The third-order valence-electron chi connectivity index (χ3n) is 9.79. The molecule has 0 rings (SSSR count). The zero-order valence-electron chi connectivity index (χ0n) is 35.9. The minimum Gasteiger partial charge on any atom is -0.756 e. The maximum absolute atomic E-state index is 12.8. The van der Waals surface area contributed by atoms with Crippen LogP contribution in [0.25, 0.3) is 0 Å². The molecule has 318 valence electrons. The van der Waals surface area contributed by atoms with Gasteiger partial charge >= 0.3 is 0 Å². The number of nitrogens with one attached hydrogen (secondary N) is 1. The molecule has 0 aliphatic carbocycles. The van der Waals surface area contributed by atoms with Gasteiger partial charge in [0.15, 0.2) is 0 Å². The highest BCUT2D eigenvalue weighted by Gasteiger charge is 2.23. The molecule has 0 aromatic heterocycles. The quantitative estimate of drug-likeness (QED) is 0.0277. The Bertz CT molecular complexity index is 980. The van der Waals surface area contributed by atoms with Crippen LogP contribution in [0.2, 0.25) is 0 Å². The second-order valence-electron chi connectivity index (χ2n) is 16.4. The Balaban J connectivity index is 4.38.